The maximum absolute atomic E-state index is 14.0. The molecule has 16 heteroatoms. The van der Waals surface area contributed by atoms with Crippen molar-refractivity contribution in [2.24, 2.45) is 7.05 Å². The van der Waals surface area contributed by atoms with E-state index < -0.39 is 17.6 Å². The number of H-pyrrole nitrogens is 1. The van der Waals surface area contributed by atoms with Crippen LogP contribution in [0, 0.1) is 11.6 Å². The van der Waals surface area contributed by atoms with Crippen molar-refractivity contribution in [2.45, 2.75) is 44.1 Å². The highest BCUT2D eigenvalue weighted by Gasteiger charge is 2.32. The first-order valence-electron chi connectivity index (χ1n) is 20.8. The third kappa shape index (κ3) is 8.91. The minimum absolute atomic E-state index is 0.153. The van der Waals surface area contributed by atoms with Gasteiger partial charge in [-0.25, -0.2) is 8.78 Å². The summed E-state index contributed by atoms with van der Waals surface area (Å²) in [5.74, 6) is -1.49. The number of ether oxygens (including phenoxy) is 2. The Kier molecular flexibility index (Phi) is 11.4. The highest BCUT2D eigenvalue weighted by atomic mass is 19.1. The van der Waals surface area contributed by atoms with Crippen LogP contribution < -0.4 is 25.6 Å². The monoisotopic (exact) mass is 831 g/mol. The molecule has 61 heavy (non-hydrogen) atoms. The van der Waals surface area contributed by atoms with Crippen LogP contribution in [0.5, 0.6) is 5.75 Å². The minimum atomic E-state index is -0.629. The molecular weight excluding hydrogens is 785 g/mol. The van der Waals surface area contributed by atoms with E-state index in [2.05, 4.69) is 47.1 Å². The van der Waals surface area contributed by atoms with Crippen molar-refractivity contribution in [3.8, 4) is 5.75 Å². The summed E-state index contributed by atoms with van der Waals surface area (Å²) in [6.45, 7) is 5.84. The first-order chi connectivity index (χ1) is 29.6. The van der Waals surface area contributed by atoms with Crippen molar-refractivity contribution in [3.05, 3.63) is 107 Å². The molecule has 0 bridgehead atoms. The smallest absolute Gasteiger partial charge is 0.258 e. The third-order valence-electron chi connectivity index (χ3n) is 11.9. The minimum Gasteiger partial charge on any atom is -0.492 e. The molecule has 3 aliphatic heterocycles. The Balaban J connectivity index is 0.835. The molecule has 4 aromatic carbocycles. The van der Waals surface area contributed by atoms with E-state index in [-0.39, 0.29) is 23.8 Å². The summed E-state index contributed by atoms with van der Waals surface area (Å²) in [6, 6.07) is 20.9. The van der Waals surface area contributed by atoms with Crippen molar-refractivity contribution < 1.29 is 32.6 Å². The van der Waals surface area contributed by atoms with Crippen LogP contribution in [0.15, 0.2) is 72.8 Å². The van der Waals surface area contributed by atoms with Crippen LogP contribution in [0.4, 0.5) is 26.0 Å². The SMILES string of the molecule is Cn1nc(C2CCC(=O)NC2=O)c2ccc(OCCN3CCN(c4ccc(C(=O)Nc5n[nH]c6ccc(Cc7cc(F)cc(F)c7)cc56)c(NC5CCOCC5)c4)CC3)cc21. The summed E-state index contributed by atoms with van der Waals surface area (Å²) in [5.41, 5.74) is 5.83. The number of carbonyl (C=O) groups excluding carboxylic acids is 3. The van der Waals surface area contributed by atoms with E-state index in [4.69, 9.17) is 9.47 Å². The van der Waals surface area contributed by atoms with Gasteiger partial charge >= 0.3 is 0 Å². The van der Waals surface area contributed by atoms with Gasteiger partial charge in [0.05, 0.1) is 28.2 Å². The molecular formula is C45H47F2N9O5. The number of piperidine rings is 1. The molecule has 3 fully saturated rings. The van der Waals surface area contributed by atoms with Gasteiger partial charge in [-0.05, 0) is 91.4 Å². The first kappa shape index (κ1) is 40.0. The summed E-state index contributed by atoms with van der Waals surface area (Å²) < 4.78 is 41.3. The summed E-state index contributed by atoms with van der Waals surface area (Å²) in [5, 5.41) is 22.7. The van der Waals surface area contributed by atoms with E-state index in [0.29, 0.717) is 67.1 Å². The van der Waals surface area contributed by atoms with Gasteiger partial charge in [-0.15, -0.1) is 0 Å². The molecule has 1 atom stereocenters. The van der Waals surface area contributed by atoms with Gasteiger partial charge in [-0.3, -0.25) is 34.4 Å². The molecule has 5 heterocycles. The van der Waals surface area contributed by atoms with Crippen LogP contribution in [0.3, 0.4) is 0 Å². The second-order valence-electron chi connectivity index (χ2n) is 16.0. The highest BCUT2D eigenvalue weighted by molar-refractivity contribution is 6.11. The standard InChI is InChI=1S/C45H47F2N9O5/c1-54-40-26-33(4-6-35(40)42(53-54)36-7-9-41(57)49-45(36)59)61-19-16-55-12-14-56(15-13-55)32-3-5-34(39(25-32)48-31-10-17-60-18-11-31)44(58)50-43-37-23-27(2-8-38(37)51-52-43)20-28-21-29(46)24-30(47)22-28/h2-6,8,21-26,31,36,48H,7,9-20H2,1H3,(H,49,57,59)(H2,50,51,52,58). The molecule has 14 nitrogen and oxygen atoms in total. The average Bonchev–Trinajstić information content (AvgIpc) is 3.80. The fourth-order valence-electron chi connectivity index (χ4n) is 8.59. The van der Waals surface area contributed by atoms with Gasteiger partial charge in [-0.2, -0.15) is 10.2 Å². The number of rotatable bonds is 12. The number of aryl methyl sites for hydroxylation is 1. The largest absolute Gasteiger partial charge is 0.492 e. The van der Waals surface area contributed by atoms with Gasteiger partial charge in [0.25, 0.3) is 5.91 Å². The zero-order valence-corrected chi connectivity index (χ0v) is 33.8. The van der Waals surface area contributed by atoms with Crippen LogP contribution in [0.25, 0.3) is 21.8 Å². The molecule has 2 aromatic heterocycles. The zero-order chi connectivity index (χ0) is 42.0. The zero-order valence-electron chi connectivity index (χ0n) is 33.8. The Morgan fingerprint density at radius 3 is 2.49 bits per heavy atom. The van der Waals surface area contributed by atoms with Gasteiger partial charge in [-0.1, -0.05) is 6.07 Å². The maximum atomic E-state index is 14.0. The molecule has 316 valence electrons. The number of fused-ring (bicyclic) bond motifs is 2. The highest BCUT2D eigenvalue weighted by Crippen LogP contribution is 2.33. The van der Waals surface area contributed by atoms with Crippen molar-refractivity contribution in [3.63, 3.8) is 0 Å². The Bertz CT molecular complexity index is 2590. The van der Waals surface area contributed by atoms with Gasteiger partial charge in [0.2, 0.25) is 11.8 Å². The van der Waals surface area contributed by atoms with E-state index in [1.165, 1.54) is 12.1 Å². The summed E-state index contributed by atoms with van der Waals surface area (Å²) >= 11 is 0. The molecule has 3 aliphatic rings. The lowest BCUT2D eigenvalue weighted by molar-refractivity contribution is -0.134. The number of anilines is 3. The second-order valence-corrected chi connectivity index (χ2v) is 16.0. The maximum Gasteiger partial charge on any atom is 0.258 e. The normalized spacial score (nSPS) is 17.8. The molecule has 0 radical (unpaired) electrons. The number of hydrogen-bond donors (Lipinski definition) is 4. The number of benzene rings is 4. The summed E-state index contributed by atoms with van der Waals surface area (Å²) in [7, 11) is 1.84. The number of amides is 3. The molecule has 1 unspecified atom stereocenters. The Morgan fingerprint density at radius 1 is 0.902 bits per heavy atom. The Morgan fingerprint density at radius 2 is 1.70 bits per heavy atom. The molecule has 3 amide bonds. The molecule has 0 spiro atoms. The third-order valence-corrected chi connectivity index (χ3v) is 11.9. The fraction of sp³-hybridized carbons (Fsp3) is 0.356. The summed E-state index contributed by atoms with van der Waals surface area (Å²) in [4.78, 5) is 42.9. The fourth-order valence-corrected chi connectivity index (χ4v) is 8.59. The predicted molar refractivity (Wildman–Crippen MR) is 227 cm³/mol. The predicted octanol–water partition coefficient (Wildman–Crippen LogP) is 5.88. The lowest BCUT2D eigenvalue weighted by atomic mass is 9.93. The van der Waals surface area contributed by atoms with Crippen LogP contribution in [0.2, 0.25) is 0 Å². The lowest BCUT2D eigenvalue weighted by Crippen LogP contribution is -2.47. The summed E-state index contributed by atoms with van der Waals surface area (Å²) in [6.07, 6.45) is 2.71. The lowest BCUT2D eigenvalue weighted by Gasteiger charge is -2.36. The van der Waals surface area contributed by atoms with E-state index in [9.17, 15) is 23.2 Å². The van der Waals surface area contributed by atoms with Crippen molar-refractivity contribution >= 4 is 56.7 Å². The second kappa shape index (κ2) is 17.3. The van der Waals surface area contributed by atoms with Gasteiger partial charge in [0, 0.05) is 99.7 Å². The van der Waals surface area contributed by atoms with E-state index >= 15 is 0 Å². The topological polar surface area (TPSA) is 159 Å². The molecule has 6 aromatic rings. The number of carbonyl (C=O) groups is 3. The molecule has 0 saturated carbocycles. The van der Waals surface area contributed by atoms with E-state index in [1.807, 2.05) is 55.6 Å². The number of imide groups is 1. The van der Waals surface area contributed by atoms with Crippen LogP contribution in [0.1, 0.15) is 58.8 Å². The number of aromatic amines is 1. The number of piperazine rings is 1. The van der Waals surface area contributed by atoms with Gasteiger partial charge < -0.3 is 25.0 Å². The number of halogens is 2. The number of aromatic nitrogens is 4. The van der Waals surface area contributed by atoms with Crippen molar-refractivity contribution in [1.82, 2.24) is 30.2 Å². The van der Waals surface area contributed by atoms with Crippen LogP contribution in [-0.2, 0) is 27.8 Å². The van der Waals surface area contributed by atoms with E-state index in [0.717, 1.165) is 90.7 Å². The quantitative estimate of drug-likeness (QED) is 0.110. The Labute approximate surface area is 350 Å². The number of nitrogens with zero attached hydrogens (tertiary/aromatic N) is 5. The van der Waals surface area contributed by atoms with E-state index in [1.54, 1.807) is 4.68 Å². The molecule has 4 N–H and O–H groups in total. The molecule has 9 rings (SSSR count). The van der Waals surface area contributed by atoms with Gasteiger partial charge in [0.15, 0.2) is 5.82 Å². The van der Waals surface area contributed by atoms with Gasteiger partial charge in [0.1, 0.15) is 24.0 Å². The average molecular weight is 832 g/mol. The first-order valence-corrected chi connectivity index (χ1v) is 20.8. The van der Waals surface area contributed by atoms with Crippen molar-refractivity contribution in [1.29, 1.82) is 0 Å². The Hall–Kier alpha value is -6.39. The van der Waals surface area contributed by atoms with Crippen molar-refractivity contribution in [2.75, 3.05) is 68.1 Å². The molecule has 0 aliphatic carbocycles. The number of nitrogens with one attached hydrogen (secondary N) is 4. The van der Waals surface area contributed by atoms with Crippen LogP contribution in [-0.4, -0.2) is 101 Å². The van der Waals surface area contributed by atoms with Crippen LogP contribution >= 0.6 is 0 Å². The number of hydrogen-bond acceptors (Lipinski definition) is 10. The molecule has 3 saturated heterocycles.